The van der Waals surface area contributed by atoms with Gasteiger partial charge in [-0.1, -0.05) is 11.8 Å². The van der Waals surface area contributed by atoms with E-state index in [2.05, 4.69) is 15.3 Å². The number of nitrogens with one attached hydrogen (secondary N) is 1. The lowest BCUT2D eigenvalue weighted by Gasteiger charge is -2.03. The first-order valence-electron chi connectivity index (χ1n) is 5.28. The van der Waals surface area contributed by atoms with Gasteiger partial charge in [-0.05, 0) is 13.0 Å². The van der Waals surface area contributed by atoms with E-state index >= 15 is 0 Å². The Hall–Kier alpha value is -0.660. The highest BCUT2D eigenvalue weighted by atomic mass is 32.2. The van der Waals surface area contributed by atoms with Crippen LogP contribution >= 0.6 is 11.8 Å². The molecule has 0 unspecified atom stereocenters. The smallest absolute Gasteiger partial charge is 0.187 e. The quantitative estimate of drug-likeness (QED) is 0.444. The van der Waals surface area contributed by atoms with Crippen LogP contribution in [-0.2, 0) is 9.84 Å². The predicted molar refractivity (Wildman–Crippen MR) is 70.1 cm³/mol. The number of aryl methyl sites for hydroxylation is 1. The fourth-order valence-corrected chi connectivity index (χ4v) is 2.38. The molecule has 0 saturated carbocycles. The molecule has 96 valence electrons. The Morgan fingerprint density at radius 1 is 1.41 bits per heavy atom. The molecule has 0 aliphatic carbocycles. The lowest BCUT2D eigenvalue weighted by atomic mass is 10.5. The van der Waals surface area contributed by atoms with Crippen LogP contribution in [0.2, 0.25) is 0 Å². The first kappa shape index (κ1) is 14.4. The van der Waals surface area contributed by atoms with E-state index in [1.54, 1.807) is 18.0 Å². The van der Waals surface area contributed by atoms with Crippen LogP contribution in [0, 0.1) is 6.92 Å². The maximum Gasteiger partial charge on any atom is 0.187 e. The fraction of sp³-hybridized carbons (Fsp3) is 0.600. The summed E-state index contributed by atoms with van der Waals surface area (Å²) in [6.07, 6.45) is 2.98. The number of sulfone groups is 1. The van der Waals surface area contributed by atoms with E-state index in [0.29, 0.717) is 6.54 Å². The van der Waals surface area contributed by atoms with Gasteiger partial charge >= 0.3 is 0 Å². The van der Waals surface area contributed by atoms with Crippen molar-refractivity contribution < 1.29 is 8.42 Å². The molecule has 17 heavy (non-hydrogen) atoms. The molecule has 0 fully saturated rings. The summed E-state index contributed by atoms with van der Waals surface area (Å²) in [7, 11) is -2.86. The molecule has 0 bridgehead atoms. The molecule has 1 aromatic heterocycles. The molecule has 1 heterocycles. The number of nitrogens with zero attached hydrogens (tertiary/aromatic N) is 2. The summed E-state index contributed by atoms with van der Waals surface area (Å²) in [6.45, 7) is 3.17. The maximum atomic E-state index is 10.9. The first-order chi connectivity index (χ1) is 7.97. The van der Waals surface area contributed by atoms with Crippen LogP contribution in [0.1, 0.15) is 5.69 Å². The number of thioether (sulfide) groups is 1. The predicted octanol–water partition coefficient (Wildman–Crippen LogP) is 0.511. The van der Waals surface area contributed by atoms with E-state index in [0.717, 1.165) is 23.1 Å². The summed E-state index contributed by atoms with van der Waals surface area (Å²) < 4.78 is 21.7. The topological polar surface area (TPSA) is 72.0 Å². The van der Waals surface area contributed by atoms with Gasteiger partial charge in [0.2, 0.25) is 0 Å². The summed E-state index contributed by atoms with van der Waals surface area (Å²) in [5, 5.41) is 3.83. The van der Waals surface area contributed by atoms with E-state index in [1.165, 1.54) is 6.26 Å². The van der Waals surface area contributed by atoms with E-state index in [4.69, 9.17) is 0 Å². The van der Waals surface area contributed by atoms with Gasteiger partial charge in [0.05, 0.1) is 5.75 Å². The van der Waals surface area contributed by atoms with Crippen molar-refractivity contribution in [2.24, 2.45) is 0 Å². The van der Waals surface area contributed by atoms with Crippen LogP contribution in [0.15, 0.2) is 17.4 Å². The molecule has 5 nitrogen and oxygen atoms in total. The third-order valence-electron chi connectivity index (χ3n) is 1.93. The molecule has 0 amide bonds. The van der Waals surface area contributed by atoms with Gasteiger partial charge in [-0.2, -0.15) is 0 Å². The fourth-order valence-electron chi connectivity index (χ4n) is 1.09. The van der Waals surface area contributed by atoms with Gasteiger partial charge in [0.1, 0.15) is 9.84 Å². The van der Waals surface area contributed by atoms with Crippen molar-refractivity contribution in [1.29, 1.82) is 0 Å². The zero-order valence-corrected chi connectivity index (χ0v) is 11.6. The van der Waals surface area contributed by atoms with Crippen molar-refractivity contribution in [3.63, 3.8) is 0 Å². The van der Waals surface area contributed by atoms with Crippen LogP contribution in [0.3, 0.4) is 0 Å². The molecule has 0 saturated heterocycles. The summed E-state index contributed by atoms with van der Waals surface area (Å²) in [5.41, 5.74) is 0.951. The Morgan fingerprint density at radius 3 is 2.82 bits per heavy atom. The largest absolute Gasteiger partial charge is 0.315 e. The van der Waals surface area contributed by atoms with Crippen molar-refractivity contribution in [3.8, 4) is 0 Å². The molecule has 1 rings (SSSR count). The van der Waals surface area contributed by atoms with Crippen LogP contribution in [-0.4, -0.2) is 49.2 Å². The summed E-state index contributed by atoms with van der Waals surface area (Å²) in [5.74, 6) is 1.01. The summed E-state index contributed by atoms with van der Waals surface area (Å²) in [6, 6.07) is 1.86. The number of hydrogen-bond donors (Lipinski definition) is 1. The van der Waals surface area contributed by atoms with Gasteiger partial charge in [-0.15, -0.1) is 0 Å². The summed E-state index contributed by atoms with van der Waals surface area (Å²) in [4.78, 5) is 8.38. The Balaban J connectivity index is 2.13. The molecule has 1 aromatic rings. The standard InChI is InChI=1S/C10H17N3O2S2/c1-9-3-4-12-10(13-9)16-7-5-11-6-8-17(2,14)15/h3-4,11H,5-8H2,1-2H3. The van der Waals surface area contributed by atoms with Crippen LogP contribution in [0.4, 0.5) is 0 Å². The minimum absolute atomic E-state index is 0.179. The van der Waals surface area contributed by atoms with E-state index < -0.39 is 9.84 Å². The number of aromatic nitrogens is 2. The Morgan fingerprint density at radius 2 is 2.18 bits per heavy atom. The van der Waals surface area contributed by atoms with Gasteiger partial charge in [0.25, 0.3) is 0 Å². The summed E-state index contributed by atoms with van der Waals surface area (Å²) >= 11 is 1.56. The second kappa shape index (κ2) is 6.93. The van der Waals surface area contributed by atoms with Gasteiger partial charge in [0, 0.05) is 37.0 Å². The second-order valence-corrected chi connectivity index (χ2v) is 7.03. The van der Waals surface area contributed by atoms with E-state index in [1.807, 2.05) is 13.0 Å². The molecule has 0 aliphatic rings. The van der Waals surface area contributed by atoms with Crippen LogP contribution in [0.5, 0.6) is 0 Å². The Bertz CT molecular complexity index is 449. The molecule has 0 radical (unpaired) electrons. The average molecular weight is 275 g/mol. The SMILES string of the molecule is Cc1ccnc(SCCNCCS(C)(=O)=O)n1. The molecule has 7 heteroatoms. The van der Waals surface area contributed by atoms with Gasteiger partial charge in [-0.25, -0.2) is 18.4 Å². The van der Waals surface area contributed by atoms with Crippen molar-refractivity contribution >= 4 is 21.6 Å². The minimum atomic E-state index is -2.86. The maximum absolute atomic E-state index is 10.9. The zero-order valence-electron chi connectivity index (χ0n) is 10.0. The van der Waals surface area contributed by atoms with Crippen molar-refractivity contribution in [1.82, 2.24) is 15.3 Å². The molecule has 1 N–H and O–H groups in total. The first-order valence-corrected chi connectivity index (χ1v) is 8.33. The van der Waals surface area contributed by atoms with Crippen LogP contribution < -0.4 is 5.32 Å². The average Bonchev–Trinajstić information content (AvgIpc) is 2.22. The van der Waals surface area contributed by atoms with E-state index in [9.17, 15) is 8.42 Å². The Kier molecular flexibility index (Phi) is 5.87. The molecule has 0 atom stereocenters. The van der Waals surface area contributed by atoms with Crippen molar-refractivity contribution in [2.45, 2.75) is 12.1 Å². The molecule has 0 aliphatic heterocycles. The van der Waals surface area contributed by atoms with Gasteiger partial charge < -0.3 is 5.32 Å². The minimum Gasteiger partial charge on any atom is -0.315 e. The Labute approximate surface area is 106 Å². The van der Waals surface area contributed by atoms with Gasteiger partial charge in [0.15, 0.2) is 5.16 Å². The van der Waals surface area contributed by atoms with Gasteiger partial charge in [-0.3, -0.25) is 0 Å². The van der Waals surface area contributed by atoms with Crippen molar-refractivity contribution in [3.05, 3.63) is 18.0 Å². The lowest BCUT2D eigenvalue weighted by Crippen LogP contribution is -2.24. The molecular formula is C10H17N3O2S2. The molecule has 0 spiro atoms. The number of hydrogen-bond acceptors (Lipinski definition) is 6. The zero-order chi connectivity index (χ0) is 12.7. The molecular weight excluding hydrogens is 258 g/mol. The monoisotopic (exact) mass is 275 g/mol. The van der Waals surface area contributed by atoms with E-state index in [-0.39, 0.29) is 5.75 Å². The highest BCUT2D eigenvalue weighted by Crippen LogP contribution is 2.10. The third-order valence-corrected chi connectivity index (χ3v) is 3.74. The molecule has 0 aromatic carbocycles. The van der Waals surface area contributed by atoms with Crippen molar-refractivity contribution in [2.75, 3.05) is 30.9 Å². The second-order valence-electron chi connectivity index (χ2n) is 3.71. The number of rotatable bonds is 7. The third kappa shape index (κ3) is 7.30. The normalized spacial score (nSPS) is 11.6. The highest BCUT2D eigenvalue weighted by molar-refractivity contribution is 7.99. The highest BCUT2D eigenvalue weighted by Gasteiger charge is 2.01. The van der Waals surface area contributed by atoms with Crippen LogP contribution in [0.25, 0.3) is 0 Å². The lowest BCUT2D eigenvalue weighted by molar-refractivity contribution is 0.598.